The van der Waals surface area contributed by atoms with Crippen LogP contribution >= 0.6 is 23.4 Å². The van der Waals surface area contributed by atoms with Gasteiger partial charge in [-0.15, -0.1) is 5.10 Å². The molecule has 0 spiro atoms. The molecule has 0 fully saturated rings. The van der Waals surface area contributed by atoms with Crippen LogP contribution in [-0.4, -0.2) is 31.4 Å². The SMILES string of the molecule is CC(Sc1nnnn1-c1cccc2ccccc12)C(=O)Nc1ccccc1Cl. The Kier molecular flexibility index (Phi) is 5.27. The van der Waals surface area contributed by atoms with Crippen LogP contribution in [0.25, 0.3) is 16.5 Å². The Morgan fingerprint density at radius 3 is 2.68 bits per heavy atom. The first-order valence-corrected chi connectivity index (χ1v) is 9.88. The van der Waals surface area contributed by atoms with E-state index < -0.39 is 5.25 Å². The molecular weight excluding hydrogens is 394 g/mol. The highest BCUT2D eigenvalue weighted by molar-refractivity contribution is 8.00. The summed E-state index contributed by atoms with van der Waals surface area (Å²) in [6, 6.07) is 21.1. The Morgan fingerprint density at radius 2 is 1.82 bits per heavy atom. The largest absolute Gasteiger partial charge is 0.324 e. The summed E-state index contributed by atoms with van der Waals surface area (Å²) in [5.74, 6) is -0.175. The third-order valence-corrected chi connectivity index (χ3v) is 5.58. The van der Waals surface area contributed by atoms with E-state index >= 15 is 0 Å². The molecule has 0 aliphatic heterocycles. The fourth-order valence-corrected chi connectivity index (χ4v) is 3.79. The minimum absolute atomic E-state index is 0.175. The summed E-state index contributed by atoms with van der Waals surface area (Å²) in [6.07, 6.45) is 0. The van der Waals surface area contributed by atoms with Gasteiger partial charge in [0.05, 0.1) is 21.6 Å². The number of nitrogens with one attached hydrogen (secondary N) is 1. The first kappa shape index (κ1) is 18.5. The van der Waals surface area contributed by atoms with Crippen LogP contribution in [0.5, 0.6) is 0 Å². The second kappa shape index (κ2) is 8.00. The van der Waals surface area contributed by atoms with E-state index in [2.05, 4.69) is 20.8 Å². The molecule has 0 aliphatic carbocycles. The predicted molar refractivity (Wildman–Crippen MR) is 112 cm³/mol. The van der Waals surface area contributed by atoms with E-state index in [0.29, 0.717) is 15.9 Å². The molecule has 0 saturated heterocycles. The smallest absolute Gasteiger partial charge is 0.237 e. The van der Waals surface area contributed by atoms with Gasteiger partial charge in [-0.3, -0.25) is 4.79 Å². The average Bonchev–Trinajstić information content (AvgIpc) is 3.17. The van der Waals surface area contributed by atoms with Crippen LogP contribution in [-0.2, 0) is 4.79 Å². The van der Waals surface area contributed by atoms with Crippen molar-refractivity contribution < 1.29 is 4.79 Å². The summed E-state index contributed by atoms with van der Waals surface area (Å²) in [5, 5.41) is 17.6. The van der Waals surface area contributed by atoms with Gasteiger partial charge in [-0.1, -0.05) is 71.9 Å². The lowest BCUT2D eigenvalue weighted by atomic mass is 10.1. The van der Waals surface area contributed by atoms with Crippen LogP contribution in [0, 0.1) is 0 Å². The van der Waals surface area contributed by atoms with Crippen molar-refractivity contribution in [3.63, 3.8) is 0 Å². The molecule has 1 N–H and O–H groups in total. The number of para-hydroxylation sites is 1. The minimum Gasteiger partial charge on any atom is -0.324 e. The zero-order chi connectivity index (χ0) is 19.5. The third-order valence-electron chi connectivity index (χ3n) is 4.22. The van der Waals surface area contributed by atoms with Crippen LogP contribution in [0.3, 0.4) is 0 Å². The van der Waals surface area contributed by atoms with E-state index in [9.17, 15) is 4.79 Å². The predicted octanol–water partition coefficient (Wildman–Crippen LogP) is 4.59. The van der Waals surface area contributed by atoms with Gasteiger partial charge in [0, 0.05) is 5.39 Å². The van der Waals surface area contributed by atoms with Crippen molar-refractivity contribution in [1.29, 1.82) is 0 Å². The van der Waals surface area contributed by atoms with E-state index in [0.717, 1.165) is 16.5 Å². The highest BCUT2D eigenvalue weighted by Gasteiger charge is 2.20. The van der Waals surface area contributed by atoms with Crippen molar-refractivity contribution in [2.75, 3.05) is 5.32 Å². The van der Waals surface area contributed by atoms with Gasteiger partial charge < -0.3 is 5.32 Å². The fourth-order valence-electron chi connectivity index (χ4n) is 2.81. The number of rotatable bonds is 5. The Balaban J connectivity index is 1.58. The molecule has 140 valence electrons. The van der Waals surface area contributed by atoms with Crippen LogP contribution in [0.15, 0.2) is 71.9 Å². The maximum atomic E-state index is 12.6. The zero-order valence-corrected chi connectivity index (χ0v) is 16.5. The molecule has 0 bridgehead atoms. The molecule has 6 nitrogen and oxygen atoms in total. The molecule has 8 heteroatoms. The monoisotopic (exact) mass is 409 g/mol. The third kappa shape index (κ3) is 3.72. The van der Waals surface area contributed by atoms with E-state index in [1.165, 1.54) is 11.8 Å². The van der Waals surface area contributed by atoms with Gasteiger partial charge in [0.1, 0.15) is 0 Å². The van der Waals surface area contributed by atoms with Gasteiger partial charge in [-0.2, -0.15) is 4.68 Å². The highest BCUT2D eigenvalue weighted by Crippen LogP contribution is 2.28. The average molecular weight is 410 g/mol. The standard InChI is InChI=1S/C20H16ClN5OS/c1-13(19(27)22-17-11-5-4-10-16(17)21)28-20-23-24-25-26(20)18-12-6-8-14-7-2-3-9-15(14)18/h2-13H,1H3,(H,22,27). The van der Waals surface area contributed by atoms with Gasteiger partial charge in [0.25, 0.3) is 0 Å². The lowest BCUT2D eigenvalue weighted by molar-refractivity contribution is -0.115. The number of anilines is 1. The molecule has 28 heavy (non-hydrogen) atoms. The number of tetrazole rings is 1. The molecule has 1 unspecified atom stereocenters. The normalized spacial score (nSPS) is 12.1. The number of hydrogen-bond donors (Lipinski definition) is 1. The number of benzene rings is 3. The molecule has 0 aliphatic rings. The summed E-state index contributed by atoms with van der Waals surface area (Å²) in [6.45, 7) is 1.80. The van der Waals surface area contributed by atoms with E-state index in [-0.39, 0.29) is 5.91 Å². The number of hydrogen-bond acceptors (Lipinski definition) is 5. The Bertz CT molecular complexity index is 1140. The van der Waals surface area contributed by atoms with E-state index in [1.54, 1.807) is 23.7 Å². The second-order valence-electron chi connectivity index (χ2n) is 6.10. The van der Waals surface area contributed by atoms with E-state index in [4.69, 9.17) is 11.6 Å². The van der Waals surface area contributed by atoms with Gasteiger partial charge in [-0.05, 0) is 40.9 Å². The second-order valence-corrected chi connectivity index (χ2v) is 7.82. The van der Waals surface area contributed by atoms with Crippen LogP contribution < -0.4 is 5.32 Å². The molecule has 0 saturated carbocycles. The van der Waals surface area contributed by atoms with Crippen molar-refractivity contribution in [2.45, 2.75) is 17.3 Å². The van der Waals surface area contributed by atoms with Gasteiger partial charge in [-0.25, -0.2) is 0 Å². The van der Waals surface area contributed by atoms with Crippen molar-refractivity contribution in [3.05, 3.63) is 71.8 Å². The molecule has 1 heterocycles. The summed E-state index contributed by atoms with van der Waals surface area (Å²) in [5.41, 5.74) is 1.44. The van der Waals surface area contributed by atoms with Crippen molar-refractivity contribution >= 4 is 45.7 Å². The number of nitrogens with zero attached hydrogens (tertiary/aromatic N) is 4. The Hall–Kier alpha value is -2.90. The molecule has 4 aromatic rings. The molecule has 3 aromatic carbocycles. The quantitative estimate of drug-likeness (QED) is 0.488. The number of aromatic nitrogens is 4. The maximum absolute atomic E-state index is 12.6. The molecule has 1 atom stereocenters. The number of halogens is 1. The van der Waals surface area contributed by atoms with Crippen molar-refractivity contribution in [2.24, 2.45) is 0 Å². The number of carbonyl (C=O) groups is 1. The van der Waals surface area contributed by atoms with E-state index in [1.807, 2.05) is 54.6 Å². The molecule has 1 amide bonds. The van der Waals surface area contributed by atoms with Crippen LogP contribution in [0.1, 0.15) is 6.92 Å². The fraction of sp³-hybridized carbons (Fsp3) is 0.100. The molecule has 4 rings (SSSR count). The first-order chi connectivity index (χ1) is 13.6. The number of thioether (sulfide) groups is 1. The highest BCUT2D eigenvalue weighted by atomic mass is 35.5. The number of fused-ring (bicyclic) bond motifs is 1. The Morgan fingerprint density at radius 1 is 1.07 bits per heavy atom. The van der Waals surface area contributed by atoms with Gasteiger partial charge in [0.15, 0.2) is 0 Å². The zero-order valence-electron chi connectivity index (χ0n) is 14.9. The lowest BCUT2D eigenvalue weighted by Gasteiger charge is -2.13. The molecular formula is C20H16ClN5OS. The number of amides is 1. The van der Waals surface area contributed by atoms with Crippen molar-refractivity contribution in [3.8, 4) is 5.69 Å². The topological polar surface area (TPSA) is 72.7 Å². The van der Waals surface area contributed by atoms with Crippen LogP contribution in [0.2, 0.25) is 5.02 Å². The van der Waals surface area contributed by atoms with Gasteiger partial charge in [0.2, 0.25) is 11.1 Å². The minimum atomic E-state index is -0.420. The summed E-state index contributed by atoms with van der Waals surface area (Å²) >= 11 is 7.40. The molecule has 0 radical (unpaired) electrons. The van der Waals surface area contributed by atoms with Gasteiger partial charge >= 0.3 is 0 Å². The summed E-state index contributed by atoms with van der Waals surface area (Å²) < 4.78 is 1.66. The van der Waals surface area contributed by atoms with Crippen molar-refractivity contribution in [1.82, 2.24) is 20.2 Å². The van der Waals surface area contributed by atoms with Crippen LogP contribution in [0.4, 0.5) is 5.69 Å². The molecule has 1 aromatic heterocycles. The Labute approximate surface area is 170 Å². The maximum Gasteiger partial charge on any atom is 0.237 e. The lowest BCUT2D eigenvalue weighted by Crippen LogP contribution is -2.23. The summed E-state index contributed by atoms with van der Waals surface area (Å²) in [4.78, 5) is 12.6. The number of carbonyl (C=O) groups excluding carboxylic acids is 1. The first-order valence-electron chi connectivity index (χ1n) is 8.62. The summed E-state index contributed by atoms with van der Waals surface area (Å²) in [7, 11) is 0.